The molecule has 2 heterocycles. The third kappa shape index (κ3) is 2.73. The molecule has 0 saturated carbocycles. The van der Waals surface area contributed by atoms with Crippen LogP contribution in [-0.2, 0) is 28.9 Å². The van der Waals surface area contributed by atoms with Crippen LogP contribution >= 0.6 is 22.9 Å². The second-order valence-corrected chi connectivity index (χ2v) is 8.02. The van der Waals surface area contributed by atoms with E-state index in [-0.39, 0.29) is 10.8 Å². The average molecular weight is 346 g/mol. The van der Waals surface area contributed by atoms with Gasteiger partial charge in [-0.2, -0.15) is 4.31 Å². The quantitative estimate of drug-likeness (QED) is 0.800. The van der Waals surface area contributed by atoms with Crippen molar-refractivity contribution in [2.75, 3.05) is 6.54 Å². The highest BCUT2D eigenvalue weighted by molar-refractivity contribution is 7.89. The molecule has 0 atom stereocenters. The number of nitrogens with zero attached hydrogens (tertiary/aromatic N) is 1. The summed E-state index contributed by atoms with van der Waals surface area (Å²) in [5.41, 5.74) is 1.45. The molecule has 0 aliphatic carbocycles. The zero-order valence-corrected chi connectivity index (χ0v) is 13.4. The fourth-order valence-corrected chi connectivity index (χ4v) is 5.30. The van der Waals surface area contributed by atoms with Crippen molar-refractivity contribution in [3.8, 4) is 0 Å². The molecule has 3 nitrogen and oxygen atoms in total. The summed E-state index contributed by atoms with van der Waals surface area (Å²) in [6, 6.07) is 5.64. The van der Waals surface area contributed by atoms with E-state index in [0.717, 1.165) is 11.6 Å². The summed E-state index contributed by atoms with van der Waals surface area (Å²) >= 11 is 7.43. The first-order valence-corrected chi connectivity index (χ1v) is 9.27. The van der Waals surface area contributed by atoms with Crippen molar-refractivity contribution in [3.05, 3.63) is 51.5 Å². The number of thiophene rings is 1. The zero-order chi connectivity index (χ0) is 15.0. The number of benzene rings is 1. The van der Waals surface area contributed by atoms with Gasteiger partial charge in [0.25, 0.3) is 0 Å². The lowest BCUT2D eigenvalue weighted by Gasteiger charge is -2.27. The van der Waals surface area contributed by atoms with Crippen LogP contribution in [0.3, 0.4) is 0 Å². The van der Waals surface area contributed by atoms with Crippen LogP contribution in [0.2, 0.25) is 0 Å². The molecule has 0 radical (unpaired) electrons. The first-order valence-electron chi connectivity index (χ1n) is 6.42. The largest absolute Gasteiger partial charge is 0.243 e. The smallest absolute Gasteiger partial charge is 0.207 e. The third-order valence-electron chi connectivity index (χ3n) is 3.56. The summed E-state index contributed by atoms with van der Waals surface area (Å²) < 4.78 is 40.4. The second-order valence-electron chi connectivity index (χ2n) is 4.84. The molecule has 1 aliphatic heterocycles. The van der Waals surface area contributed by atoms with Gasteiger partial charge in [-0.25, -0.2) is 12.8 Å². The SMILES string of the molecule is O=S(=O)(c1cc(F)ccc1CCl)N1CCc2sccc2C1. The molecule has 0 fully saturated rings. The summed E-state index contributed by atoms with van der Waals surface area (Å²) in [5.74, 6) is -0.539. The van der Waals surface area contributed by atoms with E-state index in [1.807, 2.05) is 11.4 Å². The van der Waals surface area contributed by atoms with Crippen molar-refractivity contribution >= 4 is 33.0 Å². The minimum atomic E-state index is -3.73. The van der Waals surface area contributed by atoms with E-state index in [1.54, 1.807) is 11.3 Å². The Kier molecular flexibility index (Phi) is 4.05. The fourth-order valence-electron chi connectivity index (χ4n) is 2.45. The van der Waals surface area contributed by atoms with Crippen molar-refractivity contribution in [2.45, 2.75) is 23.7 Å². The molecule has 0 bridgehead atoms. The Morgan fingerprint density at radius 3 is 2.90 bits per heavy atom. The summed E-state index contributed by atoms with van der Waals surface area (Å²) in [6.07, 6.45) is 0.692. The molecule has 2 aromatic rings. The molecular formula is C14H13ClFNO2S2. The highest BCUT2D eigenvalue weighted by Gasteiger charge is 2.30. The summed E-state index contributed by atoms with van der Waals surface area (Å²) in [6.45, 7) is 0.744. The average Bonchev–Trinajstić information content (AvgIpc) is 2.94. The number of halogens is 2. The van der Waals surface area contributed by atoms with Crippen LogP contribution in [0.5, 0.6) is 0 Å². The summed E-state index contributed by atoms with van der Waals surface area (Å²) in [4.78, 5) is 1.19. The van der Waals surface area contributed by atoms with Crippen LogP contribution in [0, 0.1) is 5.82 Å². The third-order valence-corrected chi connectivity index (χ3v) is 6.80. The van der Waals surface area contributed by atoms with Gasteiger partial charge in [0.15, 0.2) is 0 Å². The molecule has 1 aromatic carbocycles. The number of rotatable bonds is 3. The van der Waals surface area contributed by atoms with Crippen LogP contribution in [0.4, 0.5) is 4.39 Å². The van der Waals surface area contributed by atoms with Gasteiger partial charge in [0.05, 0.1) is 4.90 Å². The lowest BCUT2D eigenvalue weighted by atomic mass is 10.1. The number of hydrogen-bond donors (Lipinski definition) is 0. The van der Waals surface area contributed by atoms with E-state index in [0.29, 0.717) is 25.1 Å². The fraction of sp³-hybridized carbons (Fsp3) is 0.286. The molecule has 1 aromatic heterocycles. The highest BCUT2D eigenvalue weighted by atomic mass is 35.5. The lowest BCUT2D eigenvalue weighted by Crippen LogP contribution is -2.35. The number of sulfonamides is 1. The normalized spacial score (nSPS) is 15.9. The van der Waals surface area contributed by atoms with E-state index in [2.05, 4.69) is 0 Å². The predicted molar refractivity (Wildman–Crippen MR) is 81.6 cm³/mol. The van der Waals surface area contributed by atoms with Gasteiger partial charge in [0.2, 0.25) is 10.0 Å². The van der Waals surface area contributed by atoms with Gasteiger partial charge in [0.1, 0.15) is 5.82 Å². The topological polar surface area (TPSA) is 37.4 Å². The Morgan fingerprint density at radius 1 is 1.33 bits per heavy atom. The molecule has 21 heavy (non-hydrogen) atoms. The van der Waals surface area contributed by atoms with Gasteiger partial charge >= 0.3 is 0 Å². The maximum absolute atomic E-state index is 13.4. The molecule has 0 spiro atoms. The van der Waals surface area contributed by atoms with Gasteiger partial charge in [-0.15, -0.1) is 22.9 Å². The Labute approximate surface area is 132 Å². The number of hydrogen-bond acceptors (Lipinski definition) is 3. The van der Waals surface area contributed by atoms with E-state index < -0.39 is 15.8 Å². The van der Waals surface area contributed by atoms with Gasteiger partial charge in [-0.3, -0.25) is 0 Å². The van der Waals surface area contributed by atoms with Gasteiger partial charge < -0.3 is 0 Å². The van der Waals surface area contributed by atoms with Crippen LogP contribution in [0.25, 0.3) is 0 Å². The Hall–Kier alpha value is -0.950. The number of fused-ring (bicyclic) bond motifs is 1. The lowest BCUT2D eigenvalue weighted by molar-refractivity contribution is 0.393. The Balaban J connectivity index is 2.00. The van der Waals surface area contributed by atoms with Gasteiger partial charge in [0, 0.05) is 23.8 Å². The van der Waals surface area contributed by atoms with E-state index in [4.69, 9.17) is 11.6 Å². The van der Waals surface area contributed by atoms with Crippen molar-refractivity contribution in [1.82, 2.24) is 4.31 Å². The maximum Gasteiger partial charge on any atom is 0.243 e. The monoisotopic (exact) mass is 345 g/mol. The molecule has 1 aliphatic rings. The van der Waals surface area contributed by atoms with E-state index >= 15 is 0 Å². The Morgan fingerprint density at radius 2 is 2.14 bits per heavy atom. The first-order chi connectivity index (χ1) is 10.0. The number of alkyl halides is 1. The summed E-state index contributed by atoms with van der Waals surface area (Å²) in [7, 11) is -3.73. The molecule has 112 valence electrons. The maximum atomic E-state index is 13.4. The minimum absolute atomic E-state index is 0.0313. The molecule has 0 N–H and O–H groups in total. The van der Waals surface area contributed by atoms with Crippen LogP contribution in [0.15, 0.2) is 34.5 Å². The molecule has 3 rings (SSSR count). The Bertz CT molecular complexity index is 773. The zero-order valence-electron chi connectivity index (χ0n) is 11.1. The van der Waals surface area contributed by atoms with Crippen molar-refractivity contribution < 1.29 is 12.8 Å². The molecule has 0 amide bonds. The molecule has 0 saturated heterocycles. The van der Waals surface area contributed by atoms with Crippen molar-refractivity contribution in [3.63, 3.8) is 0 Å². The molecule has 7 heteroatoms. The standard InChI is InChI=1S/C14H13ClFNO2S2/c15-8-10-1-2-12(16)7-14(10)21(18,19)17-5-3-13-11(9-17)4-6-20-13/h1-2,4,6-7H,3,5,8-9H2. The highest BCUT2D eigenvalue weighted by Crippen LogP contribution is 2.30. The van der Waals surface area contributed by atoms with Crippen LogP contribution < -0.4 is 0 Å². The summed E-state index contributed by atoms with van der Waals surface area (Å²) in [5, 5.41) is 1.97. The van der Waals surface area contributed by atoms with Crippen LogP contribution in [0.1, 0.15) is 16.0 Å². The minimum Gasteiger partial charge on any atom is -0.207 e. The first kappa shape index (κ1) is 15.0. The van der Waals surface area contributed by atoms with E-state index in [1.165, 1.54) is 21.3 Å². The van der Waals surface area contributed by atoms with E-state index in [9.17, 15) is 12.8 Å². The molecule has 0 unspecified atom stereocenters. The van der Waals surface area contributed by atoms with Crippen molar-refractivity contribution in [2.24, 2.45) is 0 Å². The molecular weight excluding hydrogens is 333 g/mol. The predicted octanol–water partition coefficient (Wildman–Crippen LogP) is 3.37. The second kappa shape index (κ2) is 5.68. The van der Waals surface area contributed by atoms with Gasteiger partial charge in [-0.1, -0.05) is 6.07 Å². The van der Waals surface area contributed by atoms with Crippen LogP contribution in [-0.4, -0.2) is 19.3 Å². The van der Waals surface area contributed by atoms with Gasteiger partial charge in [-0.05, 0) is 41.1 Å². The van der Waals surface area contributed by atoms with Crippen molar-refractivity contribution in [1.29, 1.82) is 0 Å².